The minimum absolute atomic E-state index is 0.138. The number of nitrogens with one attached hydrogen (secondary N) is 2. The van der Waals surface area contributed by atoms with Gasteiger partial charge in [0, 0.05) is 19.2 Å². The van der Waals surface area contributed by atoms with E-state index >= 15 is 0 Å². The van der Waals surface area contributed by atoms with Gasteiger partial charge in [0.1, 0.15) is 11.6 Å². The Morgan fingerprint density at radius 2 is 2.24 bits per heavy atom. The minimum atomic E-state index is -0.138. The van der Waals surface area contributed by atoms with Gasteiger partial charge in [-0.15, -0.1) is 0 Å². The molecule has 0 bridgehead atoms. The van der Waals surface area contributed by atoms with Gasteiger partial charge in [-0.2, -0.15) is 0 Å². The molecule has 0 aliphatic carbocycles. The second kappa shape index (κ2) is 7.06. The Morgan fingerprint density at radius 1 is 1.47 bits per heavy atom. The standard InChI is InChI=1S/C12H21N3O2/c1-9(2)4-6-17-7-5-13-11-8-12(16)15-10(3)14-11/h8-9H,4-7H2,1-3H3,(H2,13,14,15,16). The first-order valence-electron chi connectivity index (χ1n) is 5.97. The molecule has 0 unspecified atom stereocenters. The fraction of sp³-hybridized carbons (Fsp3) is 0.667. The van der Waals surface area contributed by atoms with Crippen molar-refractivity contribution >= 4 is 5.82 Å². The average molecular weight is 239 g/mol. The number of hydrogen-bond acceptors (Lipinski definition) is 4. The molecule has 0 saturated carbocycles. The third-order valence-electron chi connectivity index (χ3n) is 2.25. The van der Waals surface area contributed by atoms with Crippen molar-refractivity contribution in [2.75, 3.05) is 25.1 Å². The van der Waals surface area contributed by atoms with Crippen molar-refractivity contribution in [2.45, 2.75) is 27.2 Å². The van der Waals surface area contributed by atoms with E-state index in [-0.39, 0.29) is 5.56 Å². The third-order valence-corrected chi connectivity index (χ3v) is 2.25. The number of aromatic nitrogens is 2. The fourth-order valence-electron chi connectivity index (χ4n) is 1.34. The number of H-pyrrole nitrogens is 1. The van der Waals surface area contributed by atoms with Crippen molar-refractivity contribution in [1.82, 2.24) is 9.97 Å². The van der Waals surface area contributed by atoms with Gasteiger partial charge in [-0.1, -0.05) is 13.8 Å². The number of hydrogen-bond donors (Lipinski definition) is 2. The Kier molecular flexibility index (Phi) is 5.69. The van der Waals surface area contributed by atoms with Crippen LogP contribution in [0, 0.1) is 12.8 Å². The summed E-state index contributed by atoms with van der Waals surface area (Å²) in [5.41, 5.74) is -0.138. The zero-order chi connectivity index (χ0) is 12.7. The summed E-state index contributed by atoms with van der Waals surface area (Å²) in [4.78, 5) is 17.9. The van der Waals surface area contributed by atoms with E-state index in [0.29, 0.717) is 30.7 Å². The van der Waals surface area contributed by atoms with E-state index in [1.807, 2.05) is 0 Å². The molecule has 0 atom stereocenters. The van der Waals surface area contributed by atoms with Crippen LogP contribution >= 0.6 is 0 Å². The molecule has 0 fully saturated rings. The van der Waals surface area contributed by atoms with Crippen molar-refractivity contribution in [3.8, 4) is 0 Å². The van der Waals surface area contributed by atoms with Crippen LogP contribution in [-0.4, -0.2) is 29.7 Å². The van der Waals surface area contributed by atoms with Gasteiger partial charge in [0.25, 0.3) is 5.56 Å². The zero-order valence-corrected chi connectivity index (χ0v) is 10.7. The Bertz CT molecular complexity index is 388. The summed E-state index contributed by atoms with van der Waals surface area (Å²) in [5, 5.41) is 3.06. The van der Waals surface area contributed by atoms with E-state index in [9.17, 15) is 4.79 Å². The highest BCUT2D eigenvalue weighted by atomic mass is 16.5. The van der Waals surface area contributed by atoms with Gasteiger partial charge < -0.3 is 15.0 Å². The van der Waals surface area contributed by atoms with Crippen molar-refractivity contribution in [2.24, 2.45) is 5.92 Å². The zero-order valence-electron chi connectivity index (χ0n) is 10.7. The normalized spacial score (nSPS) is 10.8. The lowest BCUT2D eigenvalue weighted by molar-refractivity contribution is 0.132. The molecule has 0 spiro atoms. The second-order valence-electron chi connectivity index (χ2n) is 4.44. The summed E-state index contributed by atoms with van der Waals surface area (Å²) >= 11 is 0. The molecule has 96 valence electrons. The molecule has 0 amide bonds. The lowest BCUT2D eigenvalue weighted by Gasteiger charge is -2.08. The molecule has 5 heteroatoms. The largest absolute Gasteiger partial charge is 0.380 e. The maximum Gasteiger partial charge on any atom is 0.252 e. The quantitative estimate of drug-likeness (QED) is 0.708. The molecule has 0 saturated heterocycles. The molecular formula is C12H21N3O2. The lowest BCUT2D eigenvalue weighted by atomic mass is 10.1. The lowest BCUT2D eigenvalue weighted by Crippen LogP contribution is -2.15. The molecule has 0 aliphatic heterocycles. The molecule has 1 aromatic rings. The van der Waals surface area contributed by atoms with Crippen LogP contribution in [0.3, 0.4) is 0 Å². The van der Waals surface area contributed by atoms with Gasteiger partial charge in [0.05, 0.1) is 6.61 Å². The summed E-state index contributed by atoms with van der Waals surface area (Å²) in [7, 11) is 0. The number of anilines is 1. The van der Waals surface area contributed by atoms with Crippen LogP contribution in [0.1, 0.15) is 26.1 Å². The van der Waals surface area contributed by atoms with Crippen LogP contribution in [0.15, 0.2) is 10.9 Å². The molecule has 5 nitrogen and oxygen atoms in total. The topological polar surface area (TPSA) is 67.0 Å². The van der Waals surface area contributed by atoms with E-state index < -0.39 is 0 Å². The van der Waals surface area contributed by atoms with Crippen LogP contribution < -0.4 is 10.9 Å². The molecule has 0 aliphatic rings. The van der Waals surface area contributed by atoms with Gasteiger partial charge in [-0.3, -0.25) is 4.79 Å². The number of aromatic amines is 1. The predicted molar refractivity (Wildman–Crippen MR) is 68.4 cm³/mol. The predicted octanol–water partition coefficient (Wildman–Crippen LogP) is 1.55. The highest BCUT2D eigenvalue weighted by Gasteiger charge is 1.97. The number of rotatable bonds is 7. The molecule has 1 aromatic heterocycles. The molecule has 0 aromatic carbocycles. The van der Waals surface area contributed by atoms with Crippen LogP contribution in [-0.2, 0) is 4.74 Å². The Balaban J connectivity index is 2.20. The third kappa shape index (κ3) is 6.06. The summed E-state index contributed by atoms with van der Waals surface area (Å²) in [5.74, 6) is 1.87. The van der Waals surface area contributed by atoms with Crippen molar-refractivity contribution in [3.05, 3.63) is 22.2 Å². The van der Waals surface area contributed by atoms with Gasteiger partial charge in [-0.25, -0.2) is 4.98 Å². The maximum atomic E-state index is 11.2. The molecular weight excluding hydrogens is 218 g/mol. The van der Waals surface area contributed by atoms with E-state index in [4.69, 9.17) is 4.74 Å². The van der Waals surface area contributed by atoms with Crippen molar-refractivity contribution in [1.29, 1.82) is 0 Å². The first kappa shape index (κ1) is 13.7. The maximum absolute atomic E-state index is 11.2. The van der Waals surface area contributed by atoms with Gasteiger partial charge in [0.2, 0.25) is 0 Å². The average Bonchev–Trinajstić information content (AvgIpc) is 2.21. The van der Waals surface area contributed by atoms with Crippen LogP contribution in [0.4, 0.5) is 5.82 Å². The molecule has 1 rings (SSSR count). The van der Waals surface area contributed by atoms with E-state index in [1.165, 1.54) is 6.07 Å². The van der Waals surface area contributed by atoms with Crippen molar-refractivity contribution < 1.29 is 4.74 Å². The van der Waals surface area contributed by atoms with Gasteiger partial charge >= 0.3 is 0 Å². The van der Waals surface area contributed by atoms with Gasteiger partial charge in [0.15, 0.2) is 0 Å². The minimum Gasteiger partial charge on any atom is -0.380 e. The number of aryl methyl sites for hydroxylation is 1. The summed E-state index contributed by atoms with van der Waals surface area (Å²) in [6.07, 6.45) is 1.07. The first-order chi connectivity index (χ1) is 8.08. The SMILES string of the molecule is Cc1nc(NCCOCCC(C)C)cc(=O)[nH]1. The highest BCUT2D eigenvalue weighted by molar-refractivity contribution is 5.32. The molecule has 0 radical (unpaired) electrons. The first-order valence-corrected chi connectivity index (χ1v) is 5.97. The highest BCUT2D eigenvalue weighted by Crippen LogP contribution is 1.99. The summed E-state index contributed by atoms with van der Waals surface area (Å²) in [6, 6.07) is 1.45. The Morgan fingerprint density at radius 3 is 2.88 bits per heavy atom. The Labute approximate surface area is 102 Å². The van der Waals surface area contributed by atoms with Crippen molar-refractivity contribution in [3.63, 3.8) is 0 Å². The fourth-order valence-corrected chi connectivity index (χ4v) is 1.34. The number of ether oxygens (including phenoxy) is 1. The molecule has 2 N–H and O–H groups in total. The molecule has 17 heavy (non-hydrogen) atoms. The van der Waals surface area contributed by atoms with E-state index in [0.717, 1.165) is 13.0 Å². The van der Waals surface area contributed by atoms with Gasteiger partial charge in [-0.05, 0) is 19.3 Å². The van der Waals surface area contributed by atoms with Crippen LogP contribution in [0.5, 0.6) is 0 Å². The monoisotopic (exact) mass is 239 g/mol. The molecule has 1 heterocycles. The number of nitrogens with zero attached hydrogens (tertiary/aromatic N) is 1. The summed E-state index contributed by atoms with van der Waals surface area (Å²) < 4.78 is 5.45. The van der Waals surface area contributed by atoms with Crippen LogP contribution in [0.2, 0.25) is 0 Å². The van der Waals surface area contributed by atoms with Crippen LogP contribution in [0.25, 0.3) is 0 Å². The Hall–Kier alpha value is -1.36. The second-order valence-corrected chi connectivity index (χ2v) is 4.44. The van der Waals surface area contributed by atoms with E-state index in [2.05, 4.69) is 29.1 Å². The van der Waals surface area contributed by atoms with E-state index in [1.54, 1.807) is 6.92 Å². The summed E-state index contributed by atoms with van der Waals surface area (Å²) in [6.45, 7) is 8.16. The smallest absolute Gasteiger partial charge is 0.252 e.